The van der Waals surface area contributed by atoms with E-state index in [0.29, 0.717) is 6.54 Å². The Morgan fingerprint density at radius 3 is 2.41 bits per heavy atom. The first-order chi connectivity index (χ1) is 15.6. The number of nitrogens with one attached hydrogen (secondary N) is 2. The topological polar surface area (TPSA) is 87.0 Å². The van der Waals surface area contributed by atoms with Crippen molar-refractivity contribution in [2.24, 2.45) is 0 Å². The summed E-state index contributed by atoms with van der Waals surface area (Å²) in [5.74, 6) is 0.516. The van der Waals surface area contributed by atoms with E-state index in [9.17, 15) is 9.59 Å². The number of amides is 2. The van der Waals surface area contributed by atoms with Crippen LogP contribution in [0.1, 0.15) is 37.5 Å². The van der Waals surface area contributed by atoms with Crippen LogP contribution >= 0.6 is 0 Å². The molecule has 1 atom stereocenters. The molecule has 1 unspecified atom stereocenters. The average Bonchev–Trinajstić information content (AvgIpc) is 3.54. The number of benzene rings is 1. The third-order valence-corrected chi connectivity index (χ3v) is 6.42. The highest BCUT2D eigenvalue weighted by molar-refractivity contribution is 6.35. The fraction of sp³-hybridized carbons (Fsp3) is 0.500. The van der Waals surface area contributed by atoms with Gasteiger partial charge in [0.1, 0.15) is 11.5 Å². The molecule has 8 nitrogen and oxygen atoms in total. The fourth-order valence-electron chi connectivity index (χ4n) is 4.57. The van der Waals surface area contributed by atoms with Gasteiger partial charge in [-0.05, 0) is 49.2 Å². The van der Waals surface area contributed by atoms with Gasteiger partial charge >= 0.3 is 11.8 Å². The average molecular weight is 441 g/mol. The van der Waals surface area contributed by atoms with Gasteiger partial charge in [0.25, 0.3) is 0 Å². The number of piperazine rings is 1. The molecule has 2 fully saturated rings. The molecule has 2 aromatic rings. The predicted octanol–water partition coefficient (Wildman–Crippen LogP) is 2.33. The van der Waals surface area contributed by atoms with E-state index < -0.39 is 11.8 Å². The van der Waals surface area contributed by atoms with Crippen LogP contribution in [0.5, 0.6) is 5.75 Å². The van der Waals surface area contributed by atoms with E-state index in [1.807, 2.05) is 24.3 Å². The quantitative estimate of drug-likeness (QED) is 0.643. The number of anilines is 1. The molecule has 0 radical (unpaired) electrons. The van der Waals surface area contributed by atoms with E-state index in [1.165, 1.54) is 0 Å². The highest BCUT2D eigenvalue weighted by Crippen LogP contribution is 2.25. The number of hydrogen-bond donors (Lipinski definition) is 2. The van der Waals surface area contributed by atoms with Gasteiger partial charge in [-0.15, -0.1) is 0 Å². The second kappa shape index (κ2) is 10.5. The normalized spacial score (nSPS) is 18.3. The van der Waals surface area contributed by atoms with Crippen molar-refractivity contribution in [3.8, 4) is 5.75 Å². The number of rotatable bonds is 7. The maximum atomic E-state index is 12.4. The Morgan fingerprint density at radius 1 is 1.06 bits per heavy atom. The lowest BCUT2D eigenvalue weighted by Gasteiger charge is -2.39. The molecule has 4 rings (SSSR count). The molecule has 32 heavy (non-hydrogen) atoms. The largest absolute Gasteiger partial charge is 0.497 e. The molecule has 1 saturated heterocycles. The second-order valence-corrected chi connectivity index (χ2v) is 8.42. The zero-order valence-electron chi connectivity index (χ0n) is 18.6. The van der Waals surface area contributed by atoms with Crippen molar-refractivity contribution in [3.63, 3.8) is 0 Å². The summed E-state index contributed by atoms with van der Waals surface area (Å²) in [7, 11) is 1.67. The van der Waals surface area contributed by atoms with E-state index in [0.717, 1.165) is 69.1 Å². The van der Waals surface area contributed by atoms with E-state index in [4.69, 9.17) is 9.15 Å². The lowest BCUT2D eigenvalue weighted by molar-refractivity contribution is -0.139. The Labute approximate surface area is 188 Å². The Balaban J connectivity index is 1.33. The highest BCUT2D eigenvalue weighted by Gasteiger charge is 2.29. The van der Waals surface area contributed by atoms with Crippen molar-refractivity contribution in [2.45, 2.75) is 37.8 Å². The fourth-order valence-corrected chi connectivity index (χ4v) is 4.57. The molecule has 2 aliphatic rings. The molecule has 1 saturated carbocycles. The third-order valence-electron chi connectivity index (χ3n) is 6.42. The lowest BCUT2D eigenvalue weighted by Crippen LogP contribution is -2.51. The number of carbonyl (C=O) groups is 2. The Hall–Kier alpha value is -3.00. The molecule has 0 spiro atoms. The van der Waals surface area contributed by atoms with Crippen molar-refractivity contribution in [1.82, 2.24) is 15.5 Å². The third kappa shape index (κ3) is 5.43. The first-order valence-electron chi connectivity index (χ1n) is 11.4. The van der Waals surface area contributed by atoms with Gasteiger partial charge in [0.15, 0.2) is 0 Å². The molecule has 2 heterocycles. The number of hydrogen-bond acceptors (Lipinski definition) is 6. The summed E-state index contributed by atoms with van der Waals surface area (Å²) in [6, 6.07) is 11.9. The van der Waals surface area contributed by atoms with Crippen molar-refractivity contribution in [1.29, 1.82) is 0 Å². The summed E-state index contributed by atoms with van der Waals surface area (Å²) in [5, 5.41) is 5.66. The molecular weight excluding hydrogens is 408 g/mol. The van der Waals surface area contributed by atoms with Gasteiger partial charge < -0.3 is 24.7 Å². The summed E-state index contributed by atoms with van der Waals surface area (Å²) in [6.07, 6.45) is 5.76. The summed E-state index contributed by atoms with van der Waals surface area (Å²) < 4.78 is 10.9. The van der Waals surface area contributed by atoms with Crippen LogP contribution in [0.15, 0.2) is 47.1 Å². The molecule has 1 aliphatic carbocycles. The van der Waals surface area contributed by atoms with Crippen molar-refractivity contribution in [2.75, 3.05) is 44.7 Å². The van der Waals surface area contributed by atoms with E-state index in [1.54, 1.807) is 13.4 Å². The summed E-state index contributed by atoms with van der Waals surface area (Å²) in [5.41, 5.74) is 1.16. The van der Waals surface area contributed by atoms with Crippen LogP contribution < -0.4 is 20.3 Å². The van der Waals surface area contributed by atoms with Gasteiger partial charge in [-0.2, -0.15) is 0 Å². The standard InChI is InChI=1S/C24H32N4O4/c1-31-20-10-8-19(9-11-20)27-12-14-28(15-13-27)21(22-7-4-16-32-22)17-25-23(29)24(30)26-18-5-2-3-6-18/h4,7-11,16,18,21H,2-3,5-6,12-15,17H2,1H3,(H,25,29)(H,26,30). The predicted molar refractivity (Wildman–Crippen MR) is 122 cm³/mol. The second-order valence-electron chi connectivity index (χ2n) is 8.42. The van der Waals surface area contributed by atoms with Crippen molar-refractivity contribution >= 4 is 17.5 Å². The van der Waals surface area contributed by atoms with Crippen LogP contribution in [0.3, 0.4) is 0 Å². The van der Waals surface area contributed by atoms with Gasteiger partial charge in [-0.25, -0.2) is 0 Å². The molecule has 172 valence electrons. The Morgan fingerprint density at radius 2 is 1.78 bits per heavy atom. The van der Waals surface area contributed by atoms with Crippen LogP contribution in [0.25, 0.3) is 0 Å². The minimum absolute atomic E-state index is 0.119. The molecule has 8 heteroatoms. The van der Waals surface area contributed by atoms with Crippen LogP contribution in [-0.2, 0) is 9.59 Å². The van der Waals surface area contributed by atoms with Gasteiger partial charge in [0.2, 0.25) is 0 Å². The Kier molecular flexibility index (Phi) is 7.32. The van der Waals surface area contributed by atoms with Crippen LogP contribution in [0, 0.1) is 0 Å². The van der Waals surface area contributed by atoms with Crippen LogP contribution in [-0.4, -0.2) is 62.6 Å². The first-order valence-corrected chi connectivity index (χ1v) is 11.4. The SMILES string of the molecule is COc1ccc(N2CCN(C(CNC(=O)C(=O)NC3CCCC3)c3ccco3)CC2)cc1. The minimum atomic E-state index is -0.578. The van der Waals surface area contributed by atoms with E-state index >= 15 is 0 Å². The number of methoxy groups -OCH3 is 1. The molecule has 2 amide bonds. The smallest absolute Gasteiger partial charge is 0.309 e. The highest BCUT2D eigenvalue weighted by atomic mass is 16.5. The summed E-state index contributed by atoms with van der Waals surface area (Å²) in [6.45, 7) is 3.69. The molecule has 1 aromatic heterocycles. The number of carbonyl (C=O) groups excluding carboxylic acids is 2. The maximum absolute atomic E-state index is 12.4. The summed E-state index contributed by atoms with van der Waals surface area (Å²) >= 11 is 0. The molecule has 2 N–H and O–H groups in total. The van der Waals surface area contributed by atoms with Crippen molar-refractivity contribution in [3.05, 3.63) is 48.4 Å². The molecular formula is C24H32N4O4. The first kappa shape index (κ1) is 22.2. The van der Waals surface area contributed by atoms with Gasteiger partial charge in [0.05, 0.1) is 19.4 Å². The minimum Gasteiger partial charge on any atom is -0.497 e. The van der Waals surface area contributed by atoms with Gasteiger partial charge in [0, 0.05) is 44.5 Å². The molecule has 0 bridgehead atoms. The number of ether oxygens (including phenoxy) is 1. The van der Waals surface area contributed by atoms with Crippen molar-refractivity contribution < 1.29 is 18.7 Å². The monoisotopic (exact) mass is 440 g/mol. The molecule has 1 aromatic carbocycles. The van der Waals surface area contributed by atoms with E-state index in [2.05, 4.69) is 32.6 Å². The summed E-state index contributed by atoms with van der Waals surface area (Å²) in [4.78, 5) is 29.3. The Bertz CT molecular complexity index is 870. The lowest BCUT2D eigenvalue weighted by atomic mass is 10.1. The number of furan rings is 1. The van der Waals surface area contributed by atoms with Crippen LogP contribution in [0.2, 0.25) is 0 Å². The zero-order valence-corrected chi connectivity index (χ0v) is 18.6. The molecule has 1 aliphatic heterocycles. The number of nitrogens with zero attached hydrogens (tertiary/aromatic N) is 2. The maximum Gasteiger partial charge on any atom is 0.309 e. The van der Waals surface area contributed by atoms with E-state index in [-0.39, 0.29) is 12.1 Å². The zero-order chi connectivity index (χ0) is 22.3. The van der Waals surface area contributed by atoms with Gasteiger partial charge in [-0.1, -0.05) is 12.8 Å². The van der Waals surface area contributed by atoms with Gasteiger partial charge in [-0.3, -0.25) is 14.5 Å². The van der Waals surface area contributed by atoms with Crippen LogP contribution in [0.4, 0.5) is 5.69 Å².